The van der Waals surface area contributed by atoms with Gasteiger partial charge in [-0.25, -0.2) is 9.78 Å². The summed E-state index contributed by atoms with van der Waals surface area (Å²) in [5, 5.41) is 7.72. The summed E-state index contributed by atoms with van der Waals surface area (Å²) in [5.74, 6) is -0.287. The minimum Gasteiger partial charge on any atom is -0.469 e. The number of aromatic nitrogens is 1. The Balaban J connectivity index is 1.56. The van der Waals surface area contributed by atoms with E-state index in [1.54, 1.807) is 12.3 Å². The number of methoxy groups -OCH3 is 1. The number of amides is 2. The van der Waals surface area contributed by atoms with Crippen LogP contribution in [-0.2, 0) is 25.5 Å². The van der Waals surface area contributed by atoms with E-state index < -0.39 is 6.03 Å². The van der Waals surface area contributed by atoms with Gasteiger partial charge >= 0.3 is 18.0 Å². The Morgan fingerprint density at radius 1 is 1.31 bits per heavy atom. The lowest BCUT2D eigenvalue weighted by molar-refractivity contribution is -0.148. The predicted octanol–water partition coefficient (Wildman–Crippen LogP) is 1.96. The number of carbonyl (C=O) groups is 3. The molecule has 9 heteroatoms. The molecule has 26 heavy (non-hydrogen) atoms. The van der Waals surface area contributed by atoms with Gasteiger partial charge in [-0.05, 0) is 38.0 Å². The van der Waals surface area contributed by atoms with E-state index in [4.69, 9.17) is 9.47 Å². The number of hydrogen-bond acceptors (Lipinski definition) is 7. The predicted molar refractivity (Wildman–Crippen MR) is 94.7 cm³/mol. The van der Waals surface area contributed by atoms with E-state index in [1.807, 2.05) is 0 Å². The van der Waals surface area contributed by atoms with Crippen molar-refractivity contribution in [3.63, 3.8) is 0 Å². The maximum atomic E-state index is 12.3. The van der Waals surface area contributed by atoms with Crippen LogP contribution in [0.3, 0.4) is 0 Å². The molecule has 1 aromatic heterocycles. The number of esters is 2. The molecule has 2 amide bonds. The fraction of sp³-hybridized carbons (Fsp3) is 0.647. The number of anilines is 1. The zero-order valence-corrected chi connectivity index (χ0v) is 15.6. The van der Waals surface area contributed by atoms with Gasteiger partial charge in [-0.15, -0.1) is 11.3 Å². The lowest BCUT2D eigenvalue weighted by Crippen LogP contribution is -2.48. The van der Waals surface area contributed by atoms with Crippen molar-refractivity contribution in [3.8, 4) is 0 Å². The molecule has 0 unspecified atom stereocenters. The van der Waals surface area contributed by atoms with Crippen LogP contribution in [-0.4, -0.2) is 42.7 Å². The monoisotopic (exact) mass is 381 g/mol. The fourth-order valence-electron chi connectivity index (χ4n) is 4.06. The maximum Gasteiger partial charge on any atom is 0.321 e. The second-order valence-corrected chi connectivity index (χ2v) is 7.49. The van der Waals surface area contributed by atoms with Crippen LogP contribution in [0.5, 0.6) is 0 Å². The fourth-order valence-corrected chi connectivity index (χ4v) is 4.77. The number of ether oxygens (including phenoxy) is 2. The molecule has 3 rings (SSSR count). The summed E-state index contributed by atoms with van der Waals surface area (Å²) in [4.78, 5) is 40.1. The van der Waals surface area contributed by atoms with Crippen LogP contribution in [0.4, 0.5) is 9.93 Å². The normalized spacial score (nSPS) is 26.4. The van der Waals surface area contributed by atoms with Crippen LogP contribution in [0.15, 0.2) is 5.38 Å². The first kappa shape index (κ1) is 18.6. The molecule has 8 nitrogen and oxygen atoms in total. The highest BCUT2D eigenvalue weighted by Gasteiger charge is 2.52. The molecule has 0 radical (unpaired) electrons. The summed E-state index contributed by atoms with van der Waals surface area (Å²) in [5.41, 5.74) is 0.552. The van der Waals surface area contributed by atoms with E-state index in [0.717, 1.165) is 19.3 Å². The molecule has 0 aliphatic heterocycles. The molecule has 2 N–H and O–H groups in total. The number of carbonyl (C=O) groups excluding carboxylic acids is 3. The molecule has 2 saturated carbocycles. The Labute approximate surface area is 155 Å². The van der Waals surface area contributed by atoms with E-state index in [9.17, 15) is 14.4 Å². The third-order valence-electron chi connectivity index (χ3n) is 5.09. The third kappa shape index (κ3) is 3.98. The van der Waals surface area contributed by atoms with E-state index in [2.05, 4.69) is 15.6 Å². The topological polar surface area (TPSA) is 107 Å². The van der Waals surface area contributed by atoms with Crippen molar-refractivity contribution in [3.05, 3.63) is 11.1 Å². The van der Waals surface area contributed by atoms with Crippen LogP contribution >= 0.6 is 11.3 Å². The molecule has 2 fully saturated rings. The van der Waals surface area contributed by atoms with Gasteiger partial charge in [0.2, 0.25) is 0 Å². The summed E-state index contributed by atoms with van der Waals surface area (Å²) in [6.45, 7) is 2.06. The highest BCUT2D eigenvalue weighted by molar-refractivity contribution is 7.13. The molecule has 2 aliphatic rings. The second kappa shape index (κ2) is 8.03. The van der Waals surface area contributed by atoms with Crippen LogP contribution in [0, 0.1) is 17.8 Å². The minimum absolute atomic E-state index is 0.0738. The van der Waals surface area contributed by atoms with Crippen molar-refractivity contribution < 1.29 is 23.9 Å². The Morgan fingerprint density at radius 2 is 2.08 bits per heavy atom. The van der Waals surface area contributed by atoms with Gasteiger partial charge in [0.25, 0.3) is 0 Å². The molecule has 0 saturated heterocycles. The summed E-state index contributed by atoms with van der Waals surface area (Å²) in [6, 6.07) is -0.603. The van der Waals surface area contributed by atoms with Crippen LogP contribution < -0.4 is 10.6 Å². The van der Waals surface area contributed by atoms with Gasteiger partial charge in [0.15, 0.2) is 5.13 Å². The molecule has 2 aliphatic carbocycles. The molecule has 0 aromatic carbocycles. The van der Waals surface area contributed by atoms with Gasteiger partial charge < -0.3 is 14.8 Å². The van der Waals surface area contributed by atoms with Crippen molar-refractivity contribution in [2.24, 2.45) is 17.8 Å². The highest BCUT2D eigenvalue weighted by atomic mass is 32.1. The van der Waals surface area contributed by atoms with E-state index in [-0.39, 0.29) is 36.2 Å². The first-order valence-electron chi connectivity index (χ1n) is 8.77. The lowest BCUT2D eigenvalue weighted by atomic mass is 9.84. The standard InChI is InChI=1S/C17H23N3O5S/c1-3-25-12(21)7-11-8-26-17(18-11)20-16(23)19-14-10-5-4-9(6-10)13(14)15(22)24-2/h8-10,13-14H,3-7H2,1-2H3,(H2,18,19,20,23)/t9-,10-,13-,14-/m0/s1. The molecule has 1 heterocycles. The second-order valence-electron chi connectivity index (χ2n) is 6.63. The van der Waals surface area contributed by atoms with Crippen LogP contribution in [0.1, 0.15) is 31.9 Å². The van der Waals surface area contributed by atoms with Gasteiger partial charge in [-0.2, -0.15) is 0 Å². The Hall–Kier alpha value is -2.16. The average molecular weight is 381 g/mol. The van der Waals surface area contributed by atoms with E-state index in [0.29, 0.717) is 23.4 Å². The molecular formula is C17H23N3O5S. The summed E-state index contributed by atoms with van der Waals surface area (Å²) in [6.07, 6.45) is 3.05. The Kier molecular flexibility index (Phi) is 5.75. The van der Waals surface area contributed by atoms with Crippen molar-refractivity contribution in [2.75, 3.05) is 19.0 Å². The summed E-state index contributed by atoms with van der Waals surface area (Å²) < 4.78 is 9.79. The number of fused-ring (bicyclic) bond motifs is 2. The smallest absolute Gasteiger partial charge is 0.321 e. The summed E-state index contributed by atoms with van der Waals surface area (Å²) >= 11 is 1.24. The van der Waals surface area contributed by atoms with Crippen molar-refractivity contribution in [1.29, 1.82) is 0 Å². The van der Waals surface area contributed by atoms with Gasteiger partial charge in [0.05, 0.1) is 31.7 Å². The quantitative estimate of drug-likeness (QED) is 0.730. The first-order chi connectivity index (χ1) is 12.5. The lowest BCUT2D eigenvalue weighted by Gasteiger charge is -2.29. The molecule has 1 aromatic rings. The molecular weight excluding hydrogens is 358 g/mol. The van der Waals surface area contributed by atoms with Crippen LogP contribution in [0.25, 0.3) is 0 Å². The molecule has 2 bridgehead atoms. The molecule has 142 valence electrons. The first-order valence-corrected chi connectivity index (χ1v) is 9.65. The average Bonchev–Trinajstić information content (AvgIpc) is 3.31. The van der Waals surface area contributed by atoms with Gasteiger partial charge in [0.1, 0.15) is 0 Å². The number of nitrogens with one attached hydrogen (secondary N) is 2. The number of rotatable bonds is 6. The SMILES string of the molecule is CCOC(=O)Cc1csc(NC(=O)N[C@H]2[C@H]3CC[C@@H](C3)[C@@H]2C(=O)OC)n1. The molecule has 4 atom stereocenters. The maximum absolute atomic E-state index is 12.3. The Bertz CT molecular complexity index is 692. The van der Waals surface area contributed by atoms with Gasteiger partial charge in [-0.3, -0.25) is 14.9 Å². The highest BCUT2D eigenvalue weighted by Crippen LogP contribution is 2.48. The Morgan fingerprint density at radius 3 is 2.81 bits per heavy atom. The molecule has 0 spiro atoms. The number of hydrogen-bond donors (Lipinski definition) is 2. The number of nitrogens with zero attached hydrogens (tertiary/aromatic N) is 1. The zero-order valence-electron chi connectivity index (χ0n) is 14.8. The van der Waals surface area contributed by atoms with Gasteiger partial charge in [0, 0.05) is 11.4 Å². The van der Waals surface area contributed by atoms with Crippen molar-refractivity contribution >= 4 is 34.4 Å². The van der Waals surface area contributed by atoms with Gasteiger partial charge in [-0.1, -0.05) is 0 Å². The minimum atomic E-state index is -0.395. The van der Waals surface area contributed by atoms with Crippen molar-refractivity contribution in [1.82, 2.24) is 10.3 Å². The number of urea groups is 1. The van der Waals surface area contributed by atoms with E-state index >= 15 is 0 Å². The van der Waals surface area contributed by atoms with E-state index in [1.165, 1.54) is 18.4 Å². The number of thiazole rings is 1. The van der Waals surface area contributed by atoms with Crippen molar-refractivity contribution in [2.45, 2.75) is 38.6 Å². The third-order valence-corrected chi connectivity index (χ3v) is 5.90. The summed E-state index contributed by atoms with van der Waals surface area (Å²) in [7, 11) is 1.38. The van der Waals surface area contributed by atoms with Crippen LogP contribution in [0.2, 0.25) is 0 Å². The largest absolute Gasteiger partial charge is 0.469 e. The zero-order chi connectivity index (χ0) is 18.7.